The van der Waals surface area contributed by atoms with Gasteiger partial charge in [-0.3, -0.25) is 9.36 Å². The predicted octanol–water partition coefficient (Wildman–Crippen LogP) is 2.53. The SMILES string of the molecule is C#Cc1cccc2nc(C(C)N)n(-c3ccc(F)cc3)c(=O)c12. The highest BCUT2D eigenvalue weighted by Crippen LogP contribution is 2.19. The van der Waals surface area contributed by atoms with E-state index in [1.807, 2.05) is 0 Å². The van der Waals surface area contributed by atoms with E-state index in [2.05, 4.69) is 10.9 Å². The standard InChI is InChI=1S/C18H14FN3O/c1-3-12-5-4-6-15-16(12)18(23)22(17(21-15)11(2)20)14-9-7-13(19)8-10-14/h1,4-11H,20H2,2H3. The van der Waals surface area contributed by atoms with Gasteiger partial charge in [0, 0.05) is 5.56 Å². The Bertz CT molecular complexity index is 982. The second-order valence-corrected chi connectivity index (χ2v) is 5.22. The summed E-state index contributed by atoms with van der Waals surface area (Å²) in [7, 11) is 0. The molecule has 1 aromatic heterocycles. The van der Waals surface area contributed by atoms with E-state index in [1.54, 1.807) is 25.1 Å². The lowest BCUT2D eigenvalue weighted by Crippen LogP contribution is -2.28. The Morgan fingerprint density at radius 1 is 1.26 bits per heavy atom. The van der Waals surface area contributed by atoms with Crippen LogP contribution in [0.5, 0.6) is 0 Å². The van der Waals surface area contributed by atoms with Crippen LogP contribution in [0.15, 0.2) is 47.3 Å². The van der Waals surface area contributed by atoms with E-state index in [0.717, 1.165) is 0 Å². The molecule has 5 heteroatoms. The van der Waals surface area contributed by atoms with Crippen molar-refractivity contribution < 1.29 is 4.39 Å². The molecule has 0 bridgehead atoms. The summed E-state index contributed by atoms with van der Waals surface area (Å²) in [5, 5.41) is 0.351. The molecule has 0 saturated heterocycles. The van der Waals surface area contributed by atoms with Crippen LogP contribution in [0.1, 0.15) is 24.4 Å². The normalized spacial score (nSPS) is 12.1. The predicted molar refractivity (Wildman–Crippen MR) is 87.8 cm³/mol. The lowest BCUT2D eigenvalue weighted by molar-refractivity contribution is 0.626. The average Bonchev–Trinajstić information content (AvgIpc) is 2.55. The first-order chi connectivity index (χ1) is 11.0. The summed E-state index contributed by atoms with van der Waals surface area (Å²) in [4.78, 5) is 17.5. The molecule has 1 unspecified atom stereocenters. The van der Waals surface area contributed by atoms with Gasteiger partial charge in [0.05, 0.1) is 22.6 Å². The van der Waals surface area contributed by atoms with Crippen molar-refractivity contribution in [1.82, 2.24) is 9.55 Å². The van der Waals surface area contributed by atoms with Crippen molar-refractivity contribution in [2.75, 3.05) is 0 Å². The van der Waals surface area contributed by atoms with Crippen molar-refractivity contribution in [3.8, 4) is 18.0 Å². The summed E-state index contributed by atoms with van der Waals surface area (Å²) >= 11 is 0. The summed E-state index contributed by atoms with van der Waals surface area (Å²) in [6, 6.07) is 10.3. The summed E-state index contributed by atoms with van der Waals surface area (Å²) in [6.07, 6.45) is 5.49. The molecule has 2 aromatic carbocycles. The third-order valence-corrected chi connectivity index (χ3v) is 3.57. The largest absolute Gasteiger partial charge is 0.322 e. The molecule has 1 atom stereocenters. The topological polar surface area (TPSA) is 60.9 Å². The first kappa shape index (κ1) is 14.9. The maximum Gasteiger partial charge on any atom is 0.267 e. The highest BCUT2D eigenvalue weighted by molar-refractivity contribution is 5.84. The van der Waals surface area contributed by atoms with Crippen LogP contribution >= 0.6 is 0 Å². The number of nitrogens with zero attached hydrogens (tertiary/aromatic N) is 2. The van der Waals surface area contributed by atoms with Crippen molar-refractivity contribution in [2.24, 2.45) is 5.73 Å². The molecule has 3 rings (SSSR count). The second kappa shape index (κ2) is 5.67. The van der Waals surface area contributed by atoms with Gasteiger partial charge in [-0.25, -0.2) is 9.37 Å². The van der Waals surface area contributed by atoms with Gasteiger partial charge < -0.3 is 5.73 Å². The number of halogens is 1. The zero-order chi connectivity index (χ0) is 16.6. The fourth-order valence-electron chi connectivity index (χ4n) is 2.51. The van der Waals surface area contributed by atoms with Crippen LogP contribution in [-0.2, 0) is 0 Å². The molecular formula is C18H14FN3O. The number of terminal acetylenes is 1. The molecule has 0 aliphatic heterocycles. The van der Waals surface area contributed by atoms with Gasteiger partial charge in [-0.1, -0.05) is 12.0 Å². The summed E-state index contributed by atoms with van der Waals surface area (Å²) in [5.74, 6) is 2.51. The number of fused-ring (bicyclic) bond motifs is 1. The van der Waals surface area contributed by atoms with Crippen LogP contribution in [0.4, 0.5) is 4.39 Å². The van der Waals surface area contributed by atoms with Crippen molar-refractivity contribution in [3.63, 3.8) is 0 Å². The Morgan fingerprint density at radius 2 is 1.96 bits per heavy atom. The molecule has 114 valence electrons. The lowest BCUT2D eigenvalue weighted by Gasteiger charge is -2.16. The van der Waals surface area contributed by atoms with Gasteiger partial charge in [0.25, 0.3) is 5.56 Å². The molecule has 0 aliphatic rings. The van der Waals surface area contributed by atoms with Crippen LogP contribution in [0.3, 0.4) is 0 Å². The van der Waals surface area contributed by atoms with Gasteiger partial charge >= 0.3 is 0 Å². The molecule has 1 heterocycles. The quantitative estimate of drug-likeness (QED) is 0.740. The van der Waals surface area contributed by atoms with Crippen LogP contribution in [0.25, 0.3) is 16.6 Å². The molecule has 0 aliphatic carbocycles. The van der Waals surface area contributed by atoms with E-state index in [1.165, 1.54) is 28.8 Å². The van der Waals surface area contributed by atoms with Crippen molar-refractivity contribution in [3.05, 3.63) is 70.0 Å². The maximum absolute atomic E-state index is 13.2. The van der Waals surface area contributed by atoms with Crippen LogP contribution in [0, 0.1) is 18.2 Å². The van der Waals surface area contributed by atoms with Gasteiger partial charge in [0.15, 0.2) is 0 Å². The molecule has 3 aromatic rings. The minimum Gasteiger partial charge on any atom is -0.322 e. The van der Waals surface area contributed by atoms with E-state index in [-0.39, 0.29) is 11.4 Å². The monoisotopic (exact) mass is 307 g/mol. The maximum atomic E-state index is 13.2. The first-order valence-electron chi connectivity index (χ1n) is 7.06. The summed E-state index contributed by atoms with van der Waals surface area (Å²) in [6.45, 7) is 1.73. The molecule has 23 heavy (non-hydrogen) atoms. The Hall–Kier alpha value is -2.97. The van der Waals surface area contributed by atoms with Crippen molar-refractivity contribution in [1.29, 1.82) is 0 Å². The highest BCUT2D eigenvalue weighted by Gasteiger charge is 2.17. The number of benzene rings is 2. The van der Waals surface area contributed by atoms with Crippen molar-refractivity contribution in [2.45, 2.75) is 13.0 Å². The number of rotatable bonds is 2. The smallest absolute Gasteiger partial charge is 0.267 e. The second-order valence-electron chi connectivity index (χ2n) is 5.22. The zero-order valence-electron chi connectivity index (χ0n) is 12.5. The summed E-state index contributed by atoms with van der Waals surface area (Å²) < 4.78 is 14.6. The number of aromatic nitrogens is 2. The zero-order valence-corrected chi connectivity index (χ0v) is 12.5. The van der Waals surface area contributed by atoms with Gasteiger partial charge in [-0.15, -0.1) is 6.42 Å². The lowest BCUT2D eigenvalue weighted by atomic mass is 10.1. The van der Waals surface area contributed by atoms with E-state index < -0.39 is 6.04 Å². The fraction of sp³-hybridized carbons (Fsp3) is 0.111. The minimum absolute atomic E-state index is 0.317. The third kappa shape index (κ3) is 2.50. The van der Waals surface area contributed by atoms with Gasteiger partial charge in [-0.2, -0.15) is 0 Å². The van der Waals surface area contributed by atoms with E-state index in [0.29, 0.717) is 28.0 Å². The first-order valence-corrected chi connectivity index (χ1v) is 7.06. The number of nitrogens with two attached hydrogens (primary N) is 1. The van der Waals surface area contributed by atoms with E-state index in [9.17, 15) is 9.18 Å². The van der Waals surface area contributed by atoms with Crippen LogP contribution < -0.4 is 11.3 Å². The Kier molecular flexibility index (Phi) is 3.68. The summed E-state index contributed by atoms with van der Waals surface area (Å²) in [5.41, 5.74) is 7.11. The van der Waals surface area contributed by atoms with Gasteiger partial charge in [0.2, 0.25) is 0 Å². The Balaban J connectivity index is 2.46. The molecule has 0 spiro atoms. The number of hydrogen-bond acceptors (Lipinski definition) is 3. The minimum atomic E-state index is -0.480. The van der Waals surface area contributed by atoms with Crippen LogP contribution in [-0.4, -0.2) is 9.55 Å². The van der Waals surface area contributed by atoms with Crippen molar-refractivity contribution >= 4 is 10.9 Å². The molecule has 0 radical (unpaired) electrons. The third-order valence-electron chi connectivity index (χ3n) is 3.57. The molecular weight excluding hydrogens is 293 g/mol. The average molecular weight is 307 g/mol. The molecule has 4 nitrogen and oxygen atoms in total. The van der Waals surface area contributed by atoms with Crippen LogP contribution in [0.2, 0.25) is 0 Å². The molecule has 2 N–H and O–H groups in total. The number of hydrogen-bond donors (Lipinski definition) is 1. The highest BCUT2D eigenvalue weighted by atomic mass is 19.1. The van der Waals surface area contributed by atoms with Gasteiger partial charge in [0.1, 0.15) is 11.6 Å². The van der Waals surface area contributed by atoms with E-state index in [4.69, 9.17) is 12.2 Å². The van der Waals surface area contributed by atoms with E-state index >= 15 is 0 Å². The Labute approximate surface area is 132 Å². The Morgan fingerprint density at radius 3 is 2.57 bits per heavy atom. The molecule has 0 saturated carbocycles. The molecule has 0 fully saturated rings. The fourth-order valence-corrected chi connectivity index (χ4v) is 2.51. The molecule has 0 amide bonds. The van der Waals surface area contributed by atoms with Gasteiger partial charge in [-0.05, 0) is 43.3 Å².